The first-order chi connectivity index (χ1) is 36.2. The zero-order valence-corrected chi connectivity index (χ0v) is 46.9. The van der Waals surface area contributed by atoms with Crippen molar-refractivity contribution >= 4 is 47.0 Å². The first-order valence-electron chi connectivity index (χ1n) is 28.5. The molecule has 76 heavy (non-hydrogen) atoms. The summed E-state index contributed by atoms with van der Waals surface area (Å²) in [4.78, 5) is 106. The highest BCUT2D eigenvalue weighted by molar-refractivity contribution is 5.95. The monoisotopic (exact) mass is 1080 g/mol. The summed E-state index contributed by atoms with van der Waals surface area (Å²) in [6, 6.07) is -5.66. The summed E-state index contributed by atoms with van der Waals surface area (Å²) in [5, 5.41) is 17.1. The maximum Gasteiger partial charge on any atom is 0.242 e. The summed E-state index contributed by atoms with van der Waals surface area (Å²) in [6.45, 7) is 8.66. The van der Waals surface area contributed by atoms with E-state index in [1.807, 2.05) is 0 Å². The van der Waals surface area contributed by atoms with Crippen molar-refractivity contribution in [3.05, 3.63) is 0 Å². The Morgan fingerprint density at radius 1 is 0.342 bits per heavy atom. The van der Waals surface area contributed by atoms with E-state index < -0.39 is 71.3 Å². The van der Waals surface area contributed by atoms with Crippen LogP contribution in [0, 0.1) is 11.3 Å². The number of hydrogen-bond acceptors (Lipinski definition) is 17. The van der Waals surface area contributed by atoms with Crippen molar-refractivity contribution in [2.75, 3.05) is 52.4 Å². The fourth-order valence-corrected chi connectivity index (χ4v) is 8.54. The van der Waals surface area contributed by atoms with Crippen molar-refractivity contribution in [1.82, 2.24) is 31.9 Å². The van der Waals surface area contributed by atoms with Crippen molar-refractivity contribution in [2.45, 2.75) is 224 Å². The Labute approximate surface area is 454 Å². The van der Waals surface area contributed by atoms with E-state index in [9.17, 15) is 38.4 Å². The Balaban J connectivity index is 5.58. The van der Waals surface area contributed by atoms with Crippen LogP contribution in [0.15, 0.2) is 0 Å². The molecule has 8 unspecified atom stereocenters. The largest absolute Gasteiger partial charge is 0.355 e. The predicted molar refractivity (Wildman–Crippen MR) is 300 cm³/mol. The van der Waals surface area contributed by atoms with Gasteiger partial charge in [0, 0.05) is 37.4 Å². The van der Waals surface area contributed by atoms with Crippen molar-refractivity contribution in [3.63, 3.8) is 0 Å². The highest BCUT2D eigenvalue weighted by Gasteiger charge is 2.34. The molecule has 0 saturated carbocycles. The van der Waals surface area contributed by atoms with Crippen LogP contribution in [0.1, 0.15) is 181 Å². The summed E-state index contributed by atoms with van der Waals surface area (Å²) in [5.74, 6) is -3.35. The summed E-state index contributed by atoms with van der Waals surface area (Å²) in [5.41, 5.74) is 51.9. The molecule has 0 saturated heterocycles. The van der Waals surface area contributed by atoms with Crippen LogP contribution in [-0.2, 0) is 38.4 Å². The third-order valence-electron chi connectivity index (χ3n) is 13.4. The van der Waals surface area contributed by atoms with Gasteiger partial charge in [0.25, 0.3) is 0 Å². The molecule has 0 aromatic heterocycles. The summed E-state index contributed by atoms with van der Waals surface area (Å²) in [6.07, 6.45) is 12.9. The molecule has 8 atom stereocenters. The van der Waals surface area contributed by atoms with E-state index in [1.54, 1.807) is 20.8 Å². The SMILES string of the molecule is CC(C)(C)C(=O)C(CCCCNC(=O)C(CCCCNC(=O)C(N)CCCCN)NC(=O)C(N)CCCCN)CC(=O)C(CCCCN)NC(=O)C(N)CCCCNC(=O)C(CCCCN)NC(=O)C(N)CCCCN. The minimum absolute atomic E-state index is 0.0952. The van der Waals surface area contributed by atoms with Crippen LogP contribution in [0.25, 0.3) is 0 Å². The number of unbranched alkanes of at least 4 members (excludes halogenated alkanes) is 8. The zero-order chi connectivity index (χ0) is 57.3. The molecule has 23 nitrogen and oxygen atoms in total. The predicted octanol–water partition coefficient (Wildman–Crippen LogP) is -0.555. The van der Waals surface area contributed by atoms with Gasteiger partial charge < -0.3 is 83.5 Å². The molecule has 0 aliphatic heterocycles. The molecular formula is C53H107N15O8. The fourth-order valence-electron chi connectivity index (χ4n) is 8.54. The normalized spacial score (nSPS) is 14.7. The fraction of sp³-hybridized carbons (Fsp3) is 0.849. The number of rotatable bonds is 48. The van der Waals surface area contributed by atoms with Crippen LogP contribution in [0.3, 0.4) is 0 Å². The summed E-state index contributed by atoms with van der Waals surface area (Å²) < 4.78 is 0. The van der Waals surface area contributed by atoms with Gasteiger partial charge in [-0.15, -0.1) is 0 Å². The van der Waals surface area contributed by atoms with Gasteiger partial charge in [-0.1, -0.05) is 46.5 Å². The van der Waals surface area contributed by atoms with Gasteiger partial charge in [-0.2, -0.15) is 0 Å². The summed E-state index contributed by atoms with van der Waals surface area (Å²) >= 11 is 0. The Bertz CT molecular complexity index is 1650. The molecule has 0 aromatic carbocycles. The number of carbonyl (C=O) groups excluding carboxylic acids is 8. The molecule has 0 heterocycles. The van der Waals surface area contributed by atoms with E-state index in [0.717, 1.165) is 19.3 Å². The molecule has 0 radical (unpaired) electrons. The third kappa shape index (κ3) is 33.8. The lowest BCUT2D eigenvalue weighted by Crippen LogP contribution is -2.51. The van der Waals surface area contributed by atoms with Crippen molar-refractivity contribution in [1.29, 1.82) is 0 Å². The van der Waals surface area contributed by atoms with E-state index in [1.165, 1.54) is 0 Å². The first kappa shape index (κ1) is 71.8. The smallest absolute Gasteiger partial charge is 0.242 e. The summed E-state index contributed by atoms with van der Waals surface area (Å²) in [7, 11) is 0. The molecule has 0 aliphatic carbocycles. The van der Waals surface area contributed by atoms with E-state index >= 15 is 0 Å². The van der Waals surface area contributed by atoms with Gasteiger partial charge in [-0.05, 0) is 161 Å². The number of ketones is 2. The highest BCUT2D eigenvalue weighted by Crippen LogP contribution is 2.27. The molecule has 0 aliphatic rings. The van der Waals surface area contributed by atoms with Crippen LogP contribution < -0.4 is 83.5 Å². The molecule has 0 fully saturated rings. The molecule has 0 spiro atoms. The van der Waals surface area contributed by atoms with Gasteiger partial charge in [0.05, 0.1) is 30.2 Å². The van der Waals surface area contributed by atoms with Gasteiger partial charge in [0.2, 0.25) is 35.4 Å². The molecule has 6 amide bonds. The molecule has 24 N–H and O–H groups in total. The van der Waals surface area contributed by atoms with Gasteiger partial charge in [-0.25, -0.2) is 0 Å². The highest BCUT2D eigenvalue weighted by atomic mass is 16.2. The van der Waals surface area contributed by atoms with Gasteiger partial charge >= 0.3 is 0 Å². The van der Waals surface area contributed by atoms with Crippen molar-refractivity contribution in [3.8, 4) is 0 Å². The molecule has 23 heteroatoms. The second-order valence-electron chi connectivity index (χ2n) is 21.4. The molecule has 442 valence electrons. The number of carbonyl (C=O) groups is 8. The zero-order valence-electron chi connectivity index (χ0n) is 46.9. The number of amides is 6. The van der Waals surface area contributed by atoms with Gasteiger partial charge in [-0.3, -0.25) is 38.4 Å². The van der Waals surface area contributed by atoms with E-state index in [2.05, 4.69) is 31.9 Å². The Morgan fingerprint density at radius 3 is 0.974 bits per heavy atom. The average Bonchev–Trinajstić information content (AvgIpc) is 3.38. The Hall–Kier alpha value is -4.20. The van der Waals surface area contributed by atoms with Gasteiger partial charge in [0.1, 0.15) is 17.9 Å². The second-order valence-corrected chi connectivity index (χ2v) is 21.4. The first-order valence-corrected chi connectivity index (χ1v) is 28.5. The van der Waals surface area contributed by atoms with Crippen LogP contribution in [0.4, 0.5) is 0 Å². The molecule has 0 aromatic rings. The van der Waals surface area contributed by atoms with E-state index in [-0.39, 0.29) is 55.2 Å². The van der Waals surface area contributed by atoms with E-state index in [4.69, 9.17) is 51.6 Å². The maximum atomic E-state index is 14.0. The third-order valence-corrected chi connectivity index (χ3v) is 13.4. The van der Waals surface area contributed by atoms with Crippen LogP contribution in [0.5, 0.6) is 0 Å². The van der Waals surface area contributed by atoms with Crippen LogP contribution in [0.2, 0.25) is 0 Å². The van der Waals surface area contributed by atoms with Crippen LogP contribution in [-0.4, -0.2) is 142 Å². The molecular weight excluding hydrogens is 975 g/mol. The van der Waals surface area contributed by atoms with Crippen molar-refractivity contribution in [2.24, 2.45) is 62.9 Å². The Kier molecular flexibility index (Phi) is 41.3. The molecule has 0 rings (SSSR count). The second kappa shape index (κ2) is 43.7. The lowest BCUT2D eigenvalue weighted by atomic mass is 9.78. The Morgan fingerprint density at radius 2 is 0.618 bits per heavy atom. The quantitative estimate of drug-likeness (QED) is 0.0340. The number of hydrogen-bond donors (Lipinski definition) is 15. The molecule has 0 bridgehead atoms. The lowest BCUT2D eigenvalue weighted by Gasteiger charge is -2.27. The number of nitrogens with two attached hydrogens (primary N) is 9. The van der Waals surface area contributed by atoms with Crippen LogP contribution >= 0.6 is 0 Å². The lowest BCUT2D eigenvalue weighted by molar-refractivity contribution is -0.135. The number of Topliss-reactive ketones (excluding diaryl/α,β-unsaturated/α-hetero) is 2. The maximum absolute atomic E-state index is 14.0. The van der Waals surface area contributed by atoms with Gasteiger partial charge in [0.15, 0.2) is 5.78 Å². The topological polar surface area (TPSA) is 443 Å². The van der Waals surface area contributed by atoms with Crippen molar-refractivity contribution < 1.29 is 38.4 Å². The minimum atomic E-state index is -0.938. The van der Waals surface area contributed by atoms with E-state index in [0.29, 0.717) is 168 Å². The minimum Gasteiger partial charge on any atom is -0.355 e. The average molecular weight is 1080 g/mol. The number of nitrogens with one attached hydrogen (secondary N) is 6. The standard InChI is InChI=1S/C53H107N15O8/c1-53(2,3)46(70)37(20-9-17-34-64-52(76)44(68-50(74)40(61)23-6-14-30-56)27-11-19-33-63-47(71)38(59)21-4-12-28-54)36-45(69)42(25-7-15-31-57)66-48(72)41(62)24-10-18-35-65-51(75)43(26-8-16-32-58)67-49(73)39(60)22-5-13-29-55/h37-44H,4-36,54-62H2,1-3H3,(H,63,71)(H,64,76)(H,65,75)(H,66,72)(H,67,73)(H,68,74).